The minimum atomic E-state index is -0.222. The lowest BCUT2D eigenvalue weighted by atomic mass is 9.94. The van der Waals surface area contributed by atoms with Gasteiger partial charge in [0.2, 0.25) is 0 Å². The zero-order valence-corrected chi connectivity index (χ0v) is 17.6. The van der Waals surface area contributed by atoms with E-state index in [1.54, 1.807) is 18.2 Å². The third-order valence-corrected chi connectivity index (χ3v) is 6.32. The molecule has 2 aromatic carbocycles. The molecule has 4 atom stereocenters. The minimum absolute atomic E-state index is 0.0891. The van der Waals surface area contributed by atoms with Crippen LogP contribution in [0.25, 0.3) is 0 Å². The minimum Gasteiger partial charge on any atom is -0.457 e. The van der Waals surface area contributed by atoms with Crippen molar-refractivity contribution < 1.29 is 23.8 Å². The van der Waals surface area contributed by atoms with Crippen LogP contribution in [0.3, 0.4) is 0 Å². The molecule has 2 saturated heterocycles. The van der Waals surface area contributed by atoms with Crippen LogP contribution in [0.2, 0.25) is 0 Å². The van der Waals surface area contributed by atoms with E-state index in [0.717, 1.165) is 24.2 Å². The maximum atomic E-state index is 12.9. The molecule has 3 fully saturated rings. The molecule has 1 aliphatic carbocycles. The molecule has 1 N–H and O–H groups in total. The molecule has 6 nitrogen and oxygen atoms in total. The van der Waals surface area contributed by atoms with E-state index < -0.39 is 0 Å². The van der Waals surface area contributed by atoms with Crippen molar-refractivity contribution in [2.75, 3.05) is 13.2 Å². The Labute approximate surface area is 181 Å². The van der Waals surface area contributed by atoms with Crippen molar-refractivity contribution in [3.8, 4) is 11.5 Å². The van der Waals surface area contributed by atoms with Gasteiger partial charge in [0.15, 0.2) is 0 Å². The lowest BCUT2D eigenvalue weighted by Gasteiger charge is -2.18. The SMILES string of the molecule is Cc1ccc(Oc2cccc(C(=O)NC3COC4C3OC[C@@H]4CC(=O)C3CC3)c2)cc1. The van der Waals surface area contributed by atoms with E-state index in [-0.39, 0.29) is 36.0 Å². The first-order chi connectivity index (χ1) is 15.1. The summed E-state index contributed by atoms with van der Waals surface area (Å²) in [5.41, 5.74) is 1.68. The summed E-state index contributed by atoms with van der Waals surface area (Å²) in [6.45, 7) is 2.93. The van der Waals surface area contributed by atoms with E-state index in [0.29, 0.717) is 36.7 Å². The monoisotopic (exact) mass is 421 g/mol. The van der Waals surface area contributed by atoms with Gasteiger partial charge in [0.1, 0.15) is 23.4 Å². The van der Waals surface area contributed by atoms with Gasteiger partial charge in [-0.25, -0.2) is 0 Å². The fourth-order valence-corrected chi connectivity index (χ4v) is 4.40. The van der Waals surface area contributed by atoms with E-state index in [1.165, 1.54) is 0 Å². The molecular weight excluding hydrogens is 394 g/mol. The first-order valence-corrected chi connectivity index (χ1v) is 11.0. The van der Waals surface area contributed by atoms with Gasteiger partial charge in [-0.15, -0.1) is 0 Å². The molecule has 0 bridgehead atoms. The van der Waals surface area contributed by atoms with Crippen molar-refractivity contribution >= 4 is 11.7 Å². The Morgan fingerprint density at radius 3 is 2.55 bits per heavy atom. The van der Waals surface area contributed by atoms with Gasteiger partial charge in [0.25, 0.3) is 5.91 Å². The number of hydrogen-bond donors (Lipinski definition) is 1. The van der Waals surface area contributed by atoms with E-state index >= 15 is 0 Å². The van der Waals surface area contributed by atoms with E-state index in [2.05, 4.69) is 5.32 Å². The number of benzene rings is 2. The average molecular weight is 421 g/mol. The summed E-state index contributed by atoms with van der Waals surface area (Å²) in [5.74, 6) is 1.81. The number of fused-ring (bicyclic) bond motifs is 1. The van der Waals surface area contributed by atoms with Crippen molar-refractivity contribution in [3.05, 3.63) is 59.7 Å². The van der Waals surface area contributed by atoms with Crippen LogP contribution in [0.5, 0.6) is 11.5 Å². The highest BCUT2D eigenvalue weighted by atomic mass is 16.6. The van der Waals surface area contributed by atoms with Crippen molar-refractivity contribution in [1.82, 2.24) is 5.32 Å². The van der Waals surface area contributed by atoms with Gasteiger partial charge < -0.3 is 19.5 Å². The average Bonchev–Trinajstić information content (AvgIpc) is 3.45. The van der Waals surface area contributed by atoms with Crippen LogP contribution in [0.15, 0.2) is 48.5 Å². The molecule has 2 aromatic rings. The lowest BCUT2D eigenvalue weighted by molar-refractivity contribution is -0.121. The third kappa shape index (κ3) is 4.50. The molecular formula is C25H27NO5. The maximum Gasteiger partial charge on any atom is 0.251 e. The van der Waals surface area contributed by atoms with Crippen LogP contribution in [0, 0.1) is 18.8 Å². The van der Waals surface area contributed by atoms with Crippen molar-refractivity contribution in [2.24, 2.45) is 11.8 Å². The van der Waals surface area contributed by atoms with Crippen LogP contribution >= 0.6 is 0 Å². The number of Topliss-reactive ketones (excluding diaryl/α,β-unsaturated/α-hetero) is 1. The van der Waals surface area contributed by atoms with Crippen molar-refractivity contribution in [2.45, 2.75) is 44.4 Å². The number of ketones is 1. The molecule has 0 spiro atoms. The van der Waals surface area contributed by atoms with Crippen LogP contribution in [-0.2, 0) is 14.3 Å². The number of rotatable bonds is 7. The molecule has 31 heavy (non-hydrogen) atoms. The fourth-order valence-electron chi connectivity index (χ4n) is 4.40. The number of nitrogens with one attached hydrogen (secondary N) is 1. The molecule has 0 radical (unpaired) electrons. The molecule has 3 aliphatic rings. The second-order valence-corrected chi connectivity index (χ2v) is 8.82. The number of carbonyl (C=O) groups excluding carboxylic acids is 2. The van der Waals surface area contributed by atoms with Crippen LogP contribution < -0.4 is 10.1 Å². The molecule has 0 aromatic heterocycles. The highest BCUT2D eigenvalue weighted by Crippen LogP contribution is 2.37. The van der Waals surface area contributed by atoms with Crippen LogP contribution in [0.4, 0.5) is 0 Å². The first kappa shape index (κ1) is 20.2. The van der Waals surface area contributed by atoms with Gasteiger partial charge in [-0.3, -0.25) is 9.59 Å². The lowest BCUT2D eigenvalue weighted by Crippen LogP contribution is -2.44. The first-order valence-electron chi connectivity index (χ1n) is 11.0. The standard InChI is InChI=1S/C25H27NO5/c1-15-5-9-19(10-6-15)31-20-4-2-3-17(11-20)25(28)26-21-14-30-23-18(13-29-24(21)23)12-22(27)16-7-8-16/h2-6,9-11,16,18,21,23-24H,7-8,12-14H2,1H3,(H,26,28)/t18-,21?,23?,24?/m0/s1. The zero-order valence-electron chi connectivity index (χ0n) is 17.6. The Hall–Kier alpha value is -2.70. The van der Waals surface area contributed by atoms with Gasteiger partial charge in [0.05, 0.1) is 25.4 Å². The zero-order chi connectivity index (χ0) is 21.4. The van der Waals surface area contributed by atoms with Gasteiger partial charge in [-0.2, -0.15) is 0 Å². The Kier molecular flexibility index (Phi) is 5.50. The summed E-state index contributed by atoms with van der Waals surface area (Å²) >= 11 is 0. The summed E-state index contributed by atoms with van der Waals surface area (Å²) < 4.78 is 17.7. The number of amides is 1. The van der Waals surface area contributed by atoms with Gasteiger partial charge >= 0.3 is 0 Å². The van der Waals surface area contributed by atoms with Crippen molar-refractivity contribution in [3.63, 3.8) is 0 Å². The normalized spacial score (nSPS) is 27.0. The summed E-state index contributed by atoms with van der Waals surface area (Å²) in [4.78, 5) is 25.0. The van der Waals surface area contributed by atoms with Gasteiger partial charge in [0, 0.05) is 23.8 Å². The highest BCUT2D eigenvalue weighted by Gasteiger charge is 2.49. The molecule has 1 saturated carbocycles. The number of aryl methyl sites for hydroxylation is 1. The maximum absolute atomic E-state index is 12.9. The molecule has 6 heteroatoms. The summed E-state index contributed by atoms with van der Waals surface area (Å²) in [6, 6.07) is 14.7. The van der Waals surface area contributed by atoms with Crippen molar-refractivity contribution in [1.29, 1.82) is 0 Å². The third-order valence-electron chi connectivity index (χ3n) is 6.32. The second kappa shape index (κ2) is 8.44. The Morgan fingerprint density at radius 1 is 1.00 bits per heavy atom. The Bertz CT molecular complexity index is 968. The predicted molar refractivity (Wildman–Crippen MR) is 114 cm³/mol. The van der Waals surface area contributed by atoms with E-state index in [1.807, 2.05) is 37.3 Å². The van der Waals surface area contributed by atoms with E-state index in [4.69, 9.17) is 14.2 Å². The number of carbonyl (C=O) groups is 2. The molecule has 1 amide bonds. The number of ether oxygens (including phenoxy) is 3. The smallest absolute Gasteiger partial charge is 0.251 e. The quantitative estimate of drug-likeness (QED) is 0.739. The molecule has 5 rings (SSSR count). The topological polar surface area (TPSA) is 73.9 Å². The van der Waals surface area contributed by atoms with E-state index in [9.17, 15) is 9.59 Å². The molecule has 2 aliphatic heterocycles. The van der Waals surface area contributed by atoms with Crippen LogP contribution in [0.1, 0.15) is 35.2 Å². The summed E-state index contributed by atoms with van der Waals surface area (Å²) in [7, 11) is 0. The highest BCUT2D eigenvalue weighted by molar-refractivity contribution is 5.94. The fraction of sp³-hybridized carbons (Fsp3) is 0.440. The van der Waals surface area contributed by atoms with Gasteiger partial charge in [-0.1, -0.05) is 23.8 Å². The van der Waals surface area contributed by atoms with Gasteiger partial charge in [-0.05, 0) is 50.1 Å². The molecule has 162 valence electrons. The molecule has 3 unspecified atom stereocenters. The largest absolute Gasteiger partial charge is 0.457 e. The molecule has 2 heterocycles. The summed E-state index contributed by atoms with van der Waals surface area (Å²) in [6.07, 6.45) is 2.24. The Morgan fingerprint density at radius 2 is 1.77 bits per heavy atom. The predicted octanol–water partition coefficient (Wildman–Crippen LogP) is 3.67. The second-order valence-electron chi connectivity index (χ2n) is 8.82. The van der Waals surface area contributed by atoms with Crippen LogP contribution in [-0.4, -0.2) is 43.2 Å². The summed E-state index contributed by atoms with van der Waals surface area (Å²) in [5, 5.41) is 3.04. The number of hydrogen-bond acceptors (Lipinski definition) is 5. The Balaban J connectivity index is 1.19.